The van der Waals surface area contributed by atoms with Gasteiger partial charge in [-0.05, 0) is 31.1 Å². The first kappa shape index (κ1) is 7.84. The number of hydrogen-bond acceptors (Lipinski definition) is 0. The van der Waals surface area contributed by atoms with Gasteiger partial charge in [-0.1, -0.05) is 32.4 Å². The number of rotatable bonds is 1. The molecule has 2 atom stereocenters. The Morgan fingerprint density at radius 1 is 1.60 bits per heavy atom. The van der Waals surface area contributed by atoms with E-state index in [1.807, 2.05) is 0 Å². The predicted molar refractivity (Wildman–Crippen MR) is 45.9 cm³/mol. The van der Waals surface area contributed by atoms with Crippen LogP contribution in [0.4, 0.5) is 0 Å². The third kappa shape index (κ3) is 1.42. The molecule has 0 heterocycles. The highest BCUT2D eigenvalue weighted by Gasteiger charge is 2.21. The Labute approximate surface area is 64.3 Å². The summed E-state index contributed by atoms with van der Waals surface area (Å²) in [6.45, 7) is 8.71. The lowest BCUT2D eigenvalue weighted by atomic mass is 9.76. The minimum absolute atomic E-state index is 0.791. The zero-order valence-electron chi connectivity index (χ0n) is 7.19. The molecule has 0 aliphatic heterocycles. The maximum Gasteiger partial charge on any atom is -0.0206 e. The van der Waals surface area contributed by atoms with Gasteiger partial charge in [0.15, 0.2) is 0 Å². The van der Waals surface area contributed by atoms with E-state index < -0.39 is 0 Å². The van der Waals surface area contributed by atoms with E-state index in [4.69, 9.17) is 0 Å². The van der Waals surface area contributed by atoms with Crippen LogP contribution in [0.3, 0.4) is 0 Å². The van der Waals surface area contributed by atoms with Crippen LogP contribution in [-0.2, 0) is 0 Å². The summed E-state index contributed by atoms with van der Waals surface area (Å²) in [7, 11) is 0. The van der Waals surface area contributed by atoms with Crippen LogP contribution in [0.2, 0.25) is 0 Å². The third-order valence-electron chi connectivity index (χ3n) is 2.95. The molecule has 0 bridgehead atoms. The zero-order chi connectivity index (χ0) is 7.56. The first-order chi connectivity index (χ1) is 4.75. The van der Waals surface area contributed by atoms with Crippen molar-refractivity contribution in [2.24, 2.45) is 11.8 Å². The van der Waals surface area contributed by atoms with Gasteiger partial charge in [0.05, 0.1) is 0 Å². The Hall–Kier alpha value is -0.260. The topological polar surface area (TPSA) is 0 Å². The van der Waals surface area contributed by atoms with Crippen molar-refractivity contribution in [1.82, 2.24) is 0 Å². The Bertz CT molecular complexity index is 124. The quantitative estimate of drug-likeness (QED) is 0.487. The lowest BCUT2D eigenvalue weighted by Gasteiger charge is -2.29. The molecule has 0 aromatic rings. The van der Waals surface area contributed by atoms with Crippen LogP contribution in [0.5, 0.6) is 0 Å². The Morgan fingerprint density at radius 2 is 2.30 bits per heavy atom. The highest BCUT2D eigenvalue weighted by molar-refractivity contribution is 5.04. The Balaban J connectivity index is 2.51. The van der Waals surface area contributed by atoms with Crippen LogP contribution >= 0.6 is 0 Å². The molecule has 1 aliphatic rings. The predicted octanol–water partition coefficient (Wildman–Crippen LogP) is 3.39. The molecule has 0 radical (unpaired) electrons. The number of allylic oxidation sites excluding steroid dienone is 1. The molecule has 0 heteroatoms. The van der Waals surface area contributed by atoms with Crippen molar-refractivity contribution >= 4 is 0 Å². The molecule has 0 nitrogen and oxygen atoms in total. The van der Waals surface area contributed by atoms with Crippen molar-refractivity contribution in [3.63, 3.8) is 0 Å². The molecule has 0 aromatic carbocycles. The van der Waals surface area contributed by atoms with Gasteiger partial charge in [-0.2, -0.15) is 0 Å². The summed E-state index contributed by atoms with van der Waals surface area (Å²) in [5.41, 5.74) is 1.48. The van der Waals surface area contributed by atoms with Crippen molar-refractivity contribution in [2.45, 2.75) is 39.5 Å². The summed E-state index contributed by atoms with van der Waals surface area (Å²) in [6.07, 6.45) is 5.41. The van der Waals surface area contributed by atoms with E-state index in [2.05, 4.69) is 20.4 Å². The lowest BCUT2D eigenvalue weighted by molar-refractivity contribution is 0.315. The maximum atomic E-state index is 4.09. The monoisotopic (exact) mass is 138 g/mol. The molecule has 1 saturated carbocycles. The fourth-order valence-electron chi connectivity index (χ4n) is 1.96. The van der Waals surface area contributed by atoms with E-state index in [-0.39, 0.29) is 0 Å². The summed E-state index contributed by atoms with van der Waals surface area (Å²) in [4.78, 5) is 0. The van der Waals surface area contributed by atoms with Gasteiger partial charge in [-0.25, -0.2) is 0 Å². The average Bonchev–Trinajstić information content (AvgIpc) is 1.95. The van der Waals surface area contributed by atoms with Crippen molar-refractivity contribution < 1.29 is 0 Å². The first-order valence-electron chi connectivity index (χ1n) is 4.43. The molecule has 1 rings (SSSR count). The van der Waals surface area contributed by atoms with Crippen LogP contribution in [0.25, 0.3) is 0 Å². The molecule has 0 saturated heterocycles. The SMILES string of the molecule is C=C1CCC[C@@H](CC)[C@H]1C. The van der Waals surface area contributed by atoms with Crippen molar-refractivity contribution in [3.8, 4) is 0 Å². The molecule has 10 heavy (non-hydrogen) atoms. The van der Waals surface area contributed by atoms with E-state index in [1.165, 1.54) is 31.3 Å². The zero-order valence-corrected chi connectivity index (χ0v) is 7.19. The van der Waals surface area contributed by atoms with E-state index in [1.54, 1.807) is 0 Å². The second kappa shape index (κ2) is 3.23. The normalized spacial score (nSPS) is 34.4. The average molecular weight is 138 g/mol. The van der Waals surface area contributed by atoms with Gasteiger partial charge in [-0.3, -0.25) is 0 Å². The highest BCUT2D eigenvalue weighted by Crippen LogP contribution is 2.34. The fraction of sp³-hybridized carbons (Fsp3) is 0.800. The molecule has 0 spiro atoms. The smallest absolute Gasteiger partial charge is 0.0206 e. The molecule has 0 aromatic heterocycles. The number of hydrogen-bond donors (Lipinski definition) is 0. The van der Waals surface area contributed by atoms with E-state index in [0.717, 1.165) is 11.8 Å². The van der Waals surface area contributed by atoms with Gasteiger partial charge in [0.25, 0.3) is 0 Å². The minimum atomic E-state index is 0.791. The highest BCUT2D eigenvalue weighted by atomic mass is 14.3. The molecular formula is C10H18. The largest absolute Gasteiger partial charge is 0.0996 e. The second-order valence-corrected chi connectivity index (χ2v) is 3.51. The summed E-state index contributed by atoms with van der Waals surface area (Å²) in [5.74, 6) is 1.72. The van der Waals surface area contributed by atoms with Gasteiger partial charge in [-0.15, -0.1) is 0 Å². The summed E-state index contributed by atoms with van der Waals surface area (Å²) < 4.78 is 0. The lowest BCUT2D eigenvalue weighted by Crippen LogP contribution is -2.17. The van der Waals surface area contributed by atoms with Gasteiger partial charge < -0.3 is 0 Å². The van der Waals surface area contributed by atoms with Crippen molar-refractivity contribution in [3.05, 3.63) is 12.2 Å². The van der Waals surface area contributed by atoms with E-state index in [9.17, 15) is 0 Å². The Kier molecular flexibility index (Phi) is 2.53. The summed E-state index contributed by atoms with van der Waals surface area (Å²) >= 11 is 0. The van der Waals surface area contributed by atoms with Crippen LogP contribution in [0.15, 0.2) is 12.2 Å². The second-order valence-electron chi connectivity index (χ2n) is 3.51. The fourth-order valence-corrected chi connectivity index (χ4v) is 1.96. The van der Waals surface area contributed by atoms with Crippen LogP contribution < -0.4 is 0 Å². The van der Waals surface area contributed by atoms with E-state index >= 15 is 0 Å². The molecule has 0 amide bonds. The van der Waals surface area contributed by atoms with Crippen LogP contribution in [-0.4, -0.2) is 0 Å². The third-order valence-corrected chi connectivity index (χ3v) is 2.95. The van der Waals surface area contributed by atoms with Gasteiger partial charge in [0.2, 0.25) is 0 Å². The first-order valence-corrected chi connectivity index (χ1v) is 4.43. The van der Waals surface area contributed by atoms with Crippen LogP contribution in [0, 0.1) is 11.8 Å². The van der Waals surface area contributed by atoms with Gasteiger partial charge >= 0.3 is 0 Å². The van der Waals surface area contributed by atoms with Crippen molar-refractivity contribution in [1.29, 1.82) is 0 Å². The molecule has 0 N–H and O–H groups in total. The van der Waals surface area contributed by atoms with Crippen LogP contribution in [0.1, 0.15) is 39.5 Å². The summed E-state index contributed by atoms with van der Waals surface area (Å²) in [5, 5.41) is 0. The van der Waals surface area contributed by atoms with Gasteiger partial charge in [0, 0.05) is 0 Å². The minimum Gasteiger partial charge on any atom is -0.0996 e. The molecule has 0 unspecified atom stereocenters. The standard InChI is InChI=1S/C10H18/c1-4-10-7-5-6-8(2)9(10)3/h9-10H,2,4-7H2,1,3H3/t9-,10+/m0/s1. The van der Waals surface area contributed by atoms with E-state index in [0.29, 0.717) is 0 Å². The maximum absolute atomic E-state index is 4.09. The molecule has 58 valence electrons. The summed E-state index contributed by atoms with van der Waals surface area (Å²) in [6, 6.07) is 0. The Morgan fingerprint density at radius 3 is 2.80 bits per heavy atom. The van der Waals surface area contributed by atoms with Crippen molar-refractivity contribution in [2.75, 3.05) is 0 Å². The molecule has 1 aliphatic carbocycles. The molecular weight excluding hydrogens is 120 g/mol. The van der Waals surface area contributed by atoms with Gasteiger partial charge in [0.1, 0.15) is 0 Å². The molecule has 1 fully saturated rings.